The minimum atomic E-state index is 0.202. The third kappa shape index (κ3) is 3.05. The van der Waals surface area contributed by atoms with E-state index in [0.717, 1.165) is 17.7 Å². The van der Waals surface area contributed by atoms with Gasteiger partial charge in [-0.1, -0.05) is 19.1 Å². The van der Waals surface area contributed by atoms with Gasteiger partial charge in [-0.3, -0.25) is 0 Å². The van der Waals surface area contributed by atoms with E-state index in [1.54, 1.807) is 6.20 Å². The topological polar surface area (TPSA) is 35.3 Å². The van der Waals surface area contributed by atoms with E-state index in [0.29, 0.717) is 11.7 Å². The molecule has 1 heterocycles. The van der Waals surface area contributed by atoms with E-state index in [2.05, 4.69) is 11.9 Å². The van der Waals surface area contributed by atoms with E-state index in [9.17, 15) is 0 Å². The molecular weight excluding hydrogens is 250 g/mol. The summed E-state index contributed by atoms with van der Waals surface area (Å²) in [6.45, 7) is 4.14. The van der Waals surface area contributed by atoms with E-state index in [1.165, 1.54) is 0 Å². The predicted octanol–water partition coefficient (Wildman–Crippen LogP) is 4.26. The van der Waals surface area contributed by atoms with Crippen LogP contribution in [0.5, 0.6) is 5.75 Å². The Bertz CT molecular complexity index is 510. The Labute approximate surface area is 112 Å². The number of hydrogen-bond donors (Lipinski definition) is 0. The molecule has 0 aliphatic rings. The van der Waals surface area contributed by atoms with Crippen molar-refractivity contribution in [3.8, 4) is 17.1 Å². The molecule has 4 heteroatoms. The zero-order valence-corrected chi connectivity index (χ0v) is 11.3. The number of nitrogens with zero attached hydrogens (tertiary/aromatic N) is 1. The Morgan fingerprint density at radius 3 is 2.94 bits per heavy atom. The quantitative estimate of drug-likeness (QED) is 0.758. The van der Waals surface area contributed by atoms with Gasteiger partial charge in [-0.05, 0) is 25.5 Å². The summed E-state index contributed by atoms with van der Waals surface area (Å²) in [6, 6.07) is 7.79. The molecule has 1 aromatic carbocycles. The molecule has 0 amide bonds. The summed E-state index contributed by atoms with van der Waals surface area (Å²) in [7, 11) is 0. The molecule has 3 nitrogen and oxygen atoms in total. The van der Waals surface area contributed by atoms with Crippen molar-refractivity contribution in [3.05, 3.63) is 36.4 Å². The van der Waals surface area contributed by atoms with Gasteiger partial charge in [0.05, 0.1) is 18.2 Å². The minimum absolute atomic E-state index is 0.202. The van der Waals surface area contributed by atoms with Gasteiger partial charge >= 0.3 is 0 Å². The first-order chi connectivity index (χ1) is 8.72. The molecule has 0 saturated carbocycles. The van der Waals surface area contributed by atoms with Crippen molar-refractivity contribution in [1.82, 2.24) is 4.98 Å². The van der Waals surface area contributed by atoms with Crippen LogP contribution in [0.25, 0.3) is 11.3 Å². The Balaban J connectivity index is 2.21. The van der Waals surface area contributed by atoms with Crippen LogP contribution in [-0.2, 0) is 5.88 Å². The standard InChI is InChI=1S/C14H16ClNO2/c1-3-10(2)17-12-6-4-5-11(7-12)13-9-16-14(8-15)18-13/h4-7,9-10H,3,8H2,1-2H3/t10-/m1/s1. The minimum Gasteiger partial charge on any atom is -0.491 e. The third-order valence-corrected chi connectivity index (χ3v) is 2.93. The molecule has 18 heavy (non-hydrogen) atoms. The lowest BCUT2D eigenvalue weighted by Crippen LogP contribution is -2.09. The van der Waals surface area contributed by atoms with Gasteiger partial charge in [0.15, 0.2) is 5.76 Å². The SMILES string of the molecule is CC[C@@H](C)Oc1cccc(-c2cnc(CCl)o2)c1. The second kappa shape index (κ2) is 5.91. The van der Waals surface area contributed by atoms with Crippen LogP contribution < -0.4 is 4.74 Å². The average molecular weight is 266 g/mol. The highest BCUT2D eigenvalue weighted by Crippen LogP contribution is 2.25. The first-order valence-electron chi connectivity index (χ1n) is 6.00. The molecule has 0 bridgehead atoms. The van der Waals surface area contributed by atoms with Crippen LogP contribution in [-0.4, -0.2) is 11.1 Å². The Hall–Kier alpha value is -1.48. The Morgan fingerprint density at radius 1 is 1.44 bits per heavy atom. The highest BCUT2D eigenvalue weighted by Gasteiger charge is 2.07. The second-order valence-electron chi connectivity index (χ2n) is 4.12. The Morgan fingerprint density at radius 2 is 2.28 bits per heavy atom. The van der Waals surface area contributed by atoms with Crippen LogP contribution in [0.4, 0.5) is 0 Å². The van der Waals surface area contributed by atoms with Crippen LogP contribution in [0.1, 0.15) is 26.2 Å². The van der Waals surface area contributed by atoms with Gasteiger partial charge in [-0.2, -0.15) is 0 Å². The van der Waals surface area contributed by atoms with Crippen molar-refractivity contribution >= 4 is 11.6 Å². The lowest BCUT2D eigenvalue weighted by molar-refractivity contribution is 0.217. The maximum Gasteiger partial charge on any atom is 0.209 e. The number of benzene rings is 1. The summed E-state index contributed by atoms with van der Waals surface area (Å²) in [5, 5.41) is 0. The highest BCUT2D eigenvalue weighted by molar-refractivity contribution is 6.16. The molecule has 0 spiro atoms. The largest absolute Gasteiger partial charge is 0.491 e. The van der Waals surface area contributed by atoms with E-state index < -0.39 is 0 Å². The summed E-state index contributed by atoms with van der Waals surface area (Å²) in [5.74, 6) is 2.36. The van der Waals surface area contributed by atoms with Gasteiger partial charge in [0.1, 0.15) is 5.75 Å². The van der Waals surface area contributed by atoms with Crippen molar-refractivity contribution in [2.45, 2.75) is 32.3 Å². The van der Waals surface area contributed by atoms with Gasteiger partial charge in [0.2, 0.25) is 5.89 Å². The summed E-state index contributed by atoms with van der Waals surface area (Å²) < 4.78 is 11.3. The molecule has 1 aromatic heterocycles. The molecule has 0 aliphatic carbocycles. The molecule has 0 aliphatic heterocycles. The monoisotopic (exact) mass is 265 g/mol. The first kappa shape index (κ1) is 13.0. The van der Waals surface area contributed by atoms with Crippen LogP contribution in [0, 0.1) is 0 Å². The zero-order valence-electron chi connectivity index (χ0n) is 10.5. The van der Waals surface area contributed by atoms with Crippen molar-refractivity contribution < 1.29 is 9.15 Å². The third-order valence-electron chi connectivity index (χ3n) is 2.70. The number of aromatic nitrogens is 1. The molecule has 0 radical (unpaired) electrons. The van der Waals surface area contributed by atoms with Crippen LogP contribution in [0.2, 0.25) is 0 Å². The highest BCUT2D eigenvalue weighted by atomic mass is 35.5. The van der Waals surface area contributed by atoms with Crippen LogP contribution >= 0.6 is 11.6 Å². The molecule has 2 aromatic rings. The second-order valence-corrected chi connectivity index (χ2v) is 4.38. The van der Waals surface area contributed by atoms with Crippen molar-refractivity contribution in [2.75, 3.05) is 0 Å². The van der Waals surface area contributed by atoms with Crippen LogP contribution in [0.3, 0.4) is 0 Å². The van der Waals surface area contributed by atoms with Crippen LogP contribution in [0.15, 0.2) is 34.9 Å². The van der Waals surface area contributed by atoms with Gasteiger partial charge in [0.25, 0.3) is 0 Å². The summed E-state index contributed by atoms with van der Waals surface area (Å²) >= 11 is 5.67. The zero-order chi connectivity index (χ0) is 13.0. The number of hydrogen-bond acceptors (Lipinski definition) is 3. The van der Waals surface area contributed by atoms with Crippen molar-refractivity contribution in [1.29, 1.82) is 0 Å². The van der Waals surface area contributed by atoms with E-state index in [-0.39, 0.29) is 12.0 Å². The lowest BCUT2D eigenvalue weighted by atomic mass is 10.2. The molecule has 0 saturated heterocycles. The lowest BCUT2D eigenvalue weighted by Gasteiger charge is -2.12. The first-order valence-corrected chi connectivity index (χ1v) is 6.54. The number of oxazole rings is 1. The van der Waals surface area contributed by atoms with Gasteiger partial charge in [0, 0.05) is 5.56 Å². The van der Waals surface area contributed by atoms with Crippen molar-refractivity contribution in [3.63, 3.8) is 0 Å². The fraction of sp³-hybridized carbons (Fsp3) is 0.357. The summed E-state index contributed by atoms with van der Waals surface area (Å²) in [4.78, 5) is 4.08. The average Bonchev–Trinajstić information content (AvgIpc) is 2.87. The molecule has 96 valence electrons. The molecule has 0 N–H and O–H groups in total. The summed E-state index contributed by atoms with van der Waals surface area (Å²) in [5.41, 5.74) is 0.944. The van der Waals surface area contributed by atoms with Gasteiger partial charge < -0.3 is 9.15 Å². The smallest absolute Gasteiger partial charge is 0.209 e. The Kier molecular flexibility index (Phi) is 4.26. The number of alkyl halides is 1. The molecule has 0 fully saturated rings. The number of rotatable bonds is 5. The fourth-order valence-electron chi connectivity index (χ4n) is 1.54. The molecule has 2 rings (SSSR count). The van der Waals surface area contributed by atoms with Gasteiger partial charge in [-0.25, -0.2) is 4.98 Å². The van der Waals surface area contributed by atoms with Crippen molar-refractivity contribution in [2.24, 2.45) is 0 Å². The summed E-state index contributed by atoms with van der Waals surface area (Å²) in [6.07, 6.45) is 2.86. The predicted molar refractivity (Wildman–Crippen MR) is 71.9 cm³/mol. The fourth-order valence-corrected chi connectivity index (χ4v) is 1.67. The van der Waals surface area contributed by atoms with Gasteiger partial charge in [-0.15, -0.1) is 11.6 Å². The van der Waals surface area contributed by atoms with E-state index in [1.807, 2.05) is 31.2 Å². The van der Waals surface area contributed by atoms with E-state index >= 15 is 0 Å². The molecule has 0 unspecified atom stereocenters. The molecule has 1 atom stereocenters. The maximum absolute atomic E-state index is 5.77. The molecular formula is C14H16ClNO2. The van der Waals surface area contributed by atoms with E-state index in [4.69, 9.17) is 20.8 Å². The number of halogens is 1. The maximum atomic E-state index is 5.77. The number of ether oxygens (including phenoxy) is 1. The normalized spacial score (nSPS) is 12.4.